The van der Waals surface area contributed by atoms with Crippen molar-refractivity contribution >= 4 is 66.0 Å². The van der Waals surface area contributed by atoms with Crippen molar-refractivity contribution < 1.29 is 12.9 Å². The normalized spacial score (nSPS) is 13.9. The minimum Gasteiger partial charge on any atom is -0.455 e. The van der Waals surface area contributed by atoms with Gasteiger partial charge in [-0.1, -0.05) is 54.9 Å². The van der Waals surface area contributed by atoms with E-state index in [0.717, 1.165) is 27.2 Å². The number of para-hydroxylation sites is 1. The van der Waals surface area contributed by atoms with Crippen molar-refractivity contribution in [2.75, 3.05) is 0 Å². The van der Waals surface area contributed by atoms with Crippen LogP contribution in [-0.2, 0) is 16.6 Å². The summed E-state index contributed by atoms with van der Waals surface area (Å²) in [6.45, 7) is 9.44. The fourth-order valence-corrected chi connectivity index (χ4v) is 8.75. The third kappa shape index (κ3) is 5.19. The molecule has 0 unspecified atom stereocenters. The molecule has 1 heterocycles. The molecular weight excluding hydrogens is 593 g/mol. The smallest absolute Gasteiger partial charge is 0.238 e. The molecule has 0 spiro atoms. The number of hydrogen-bond acceptors (Lipinski definition) is 4. The molecule has 0 bridgehead atoms. The van der Waals surface area contributed by atoms with Crippen LogP contribution < -0.4 is 15.0 Å². The molecule has 0 amide bonds. The largest absolute Gasteiger partial charge is 0.455 e. The molecule has 9 heteroatoms. The quantitative estimate of drug-likeness (QED) is 0.193. The van der Waals surface area contributed by atoms with Crippen LogP contribution >= 0.6 is 23.2 Å². The number of benzene rings is 4. The number of halogens is 1. The second kappa shape index (κ2) is 10.3. The monoisotopic (exact) mass is 623 g/mol. The minimum atomic E-state index is -3.81. The number of aromatic nitrogens is 1. The highest BCUT2D eigenvalue weighted by Crippen LogP contribution is 2.62. The maximum absolute atomic E-state index is 11.9. The van der Waals surface area contributed by atoms with Gasteiger partial charge in [0.1, 0.15) is 5.75 Å². The number of sulfonamides is 1. The lowest BCUT2D eigenvalue weighted by Gasteiger charge is -2.37. The van der Waals surface area contributed by atoms with Gasteiger partial charge < -0.3 is 9.09 Å². The van der Waals surface area contributed by atoms with E-state index in [9.17, 15) is 8.42 Å². The number of hydrogen-bond donors (Lipinski definition) is 1. The zero-order chi connectivity index (χ0) is 28.0. The fourth-order valence-electron chi connectivity index (χ4n) is 4.89. The van der Waals surface area contributed by atoms with E-state index in [2.05, 4.69) is 90.7 Å². The highest BCUT2D eigenvalue weighted by atomic mass is 79.9. The second-order valence-corrected chi connectivity index (χ2v) is 16.3. The topological polar surface area (TPSA) is 86.7 Å². The Labute approximate surface area is 238 Å². The number of rotatable bonds is 6. The van der Waals surface area contributed by atoms with Crippen LogP contribution in [0.4, 0.5) is 5.69 Å². The van der Waals surface area contributed by atoms with Crippen LogP contribution in [0.25, 0.3) is 21.8 Å². The third-order valence-electron chi connectivity index (χ3n) is 6.80. The number of primary sulfonamides is 1. The molecule has 4 aromatic carbocycles. The number of aryl methyl sites for hydroxylation is 1. The second-order valence-electron chi connectivity index (χ2n) is 10.4. The summed E-state index contributed by atoms with van der Waals surface area (Å²) in [4.78, 5) is 0.0452. The first kappa shape index (κ1) is 27.7. The van der Waals surface area contributed by atoms with Crippen LogP contribution in [0.15, 0.2) is 105 Å². The first-order valence-corrected chi connectivity index (χ1v) is 16.6. The van der Waals surface area contributed by atoms with Crippen molar-refractivity contribution in [3.63, 3.8) is 0 Å². The van der Waals surface area contributed by atoms with Crippen molar-refractivity contribution in [2.45, 2.75) is 44.3 Å². The average Bonchev–Trinajstić information content (AvgIpc) is 3.21. The first-order chi connectivity index (χ1) is 18.4. The van der Waals surface area contributed by atoms with Gasteiger partial charge in [0.2, 0.25) is 10.0 Å². The van der Waals surface area contributed by atoms with Crippen LogP contribution in [-0.4, -0.2) is 18.1 Å². The lowest BCUT2D eigenvalue weighted by molar-refractivity contribution is 0.571. The molecule has 0 aliphatic carbocycles. The van der Waals surface area contributed by atoms with Gasteiger partial charge in [-0.2, -0.15) is 0 Å². The third-order valence-corrected chi connectivity index (χ3v) is 12.0. The Bertz CT molecular complexity index is 1840. The molecular formula is C30H31BrN3O3PS. The standard InChI is InChI=1S/C30H31BrN3O3PS/c1-5-34-28-9-7-6-8-26(28)27-20-24(16-19-29(27)34)38(30(2,3)4,37-23-14-10-21(31)11-15-23)33-22-12-17-25(18-13-22)39(32,35)36/h6-20H,5H2,1-4H3,(H2,32,35,36)/t38-/m1/s1. The van der Waals surface area contributed by atoms with Crippen molar-refractivity contribution in [3.8, 4) is 5.75 Å². The molecule has 0 fully saturated rings. The van der Waals surface area contributed by atoms with Gasteiger partial charge in [0, 0.05) is 43.3 Å². The minimum absolute atomic E-state index is 0.0452. The van der Waals surface area contributed by atoms with E-state index < -0.39 is 22.5 Å². The van der Waals surface area contributed by atoms with Crippen molar-refractivity contribution in [2.24, 2.45) is 9.88 Å². The highest BCUT2D eigenvalue weighted by Gasteiger charge is 2.39. The molecule has 5 aromatic rings. The number of fused-ring (bicyclic) bond motifs is 3. The molecule has 202 valence electrons. The van der Waals surface area contributed by atoms with Crippen molar-refractivity contribution in [1.29, 1.82) is 0 Å². The molecule has 39 heavy (non-hydrogen) atoms. The van der Waals surface area contributed by atoms with Crippen LogP contribution in [0.3, 0.4) is 0 Å². The van der Waals surface area contributed by atoms with E-state index >= 15 is 0 Å². The van der Waals surface area contributed by atoms with E-state index in [-0.39, 0.29) is 4.90 Å². The first-order valence-electron chi connectivity index (χ1n) is 12.6. The predicted octanol–water partition coefficient (Wildman–Crippen LogP) is 8.18. The van der Waals surface area contributed by atoms with Gasteiger partial charge in [-0.3, -0.25) is 0 Å². The molecule has 0 saturated carbocycles. The predicted molar refractivity (Wildman–Crippen MR) is 166 cm³/mol. The summed E-state index contributed by atoms with van der Waals surface area (Å²) in [7, 11) is -6.62. The van der Waals surface area contributed by atoms with Gasteiger partial charge in [-0.15, -0.1) is 0 Å². The van der Waals surface area contributed by atoms with E-state index in [0.29, 0.717) is 11.4 Å². The van der Waals surface area contributed by atoms with Gasteiger partial charge >= 0.3 is 0 Å². The van der Waals surface area contributed by atoms with Crippen LogP contribution in [0.5, 0.6) is 5.75 Å². The van der Waals surface area contributed by atoms with Crippen LogP contribution in [0, 0.1) is 0 Å². The Morgan fingerprint density at radius 2 is 1.54 bits per heavy atom. The molecule has 5 rings (SSSR count). The summed E-state index contributed by atoms with van der Waals surface area (Å²) >= 11 is 3.51. The summed E-state index contributed by atoms with van der Waals surface area (Å²) in [5.74, 6) is 0.711. The van der Waals surface area contributed by atoms with Gasteiger partial charge in [0.05, 0.1) is 10.6 Å². The average molecular weight is 625 g/mol. The van der Waals surface area contributed by atoms with Gasteiger partial charge in [0.25, 0.3) is 0 Å². The summed E-state index contributed by atoms with van der Waals surface area (Å²) in [6.07, 6.45) is 0. The molecule has 0 aliphatic rings. The SMILES string of the molecule is CCn1c2ccccc2c2cc([P@@](=Nc3ccc(S(N)(=O)=O)cc3)(Oc3ccc(Br)cc3)C(C)(C)C)ccc21. The summed E-state index contributed by atoms with van der Waals surface area (Å²) in [6, 6.07) is 29.1. The molecule has 2 N–H and O–H groups in total. The Morgan fingerprint density at radius 1 is 0.897 bits per heavy atom. The van der Waals surface area contributed by atoms with Gasteiger partial charge in [-0.25, -0.2) is 18.3 Å². The molecule has 0 radical (unpaired) electrons. The van der Waals surface area contributed by atoms with Crippen LogP contribution in [0.2, 0.25) is 0 Å². The Kier molecular flexibility index (Phi) is 7.27. The van der Waals surface area contributed by atoms with Crippen molar-refractivity contribution in [3.05, 3.63) is 95.5 Å². The molecule has 0 saturated heterocycles. The van der Waals surface area contributed by atoms with E-state index in [1.54, 1.807) is 12.1 Å². The zero-order valence-electron chi connectivity index (χ0n) is 22.3. The molecule has 1 atom stereocenters. The van der Waals surface area contributed by atoms with E-state index in [1.807, 2.05) is 24.3 Å². The fraction of sp³-hybridized carbons (Fsp3) is 0.200. The van der Waals surface area contributed by atoms with E-state index in [1.165, 1.54) is 23.0 Å². The summed E-state index contributed by atoms with van der Waals surface area (Å²) in [5, 5.41) is 8.27. The molecule has 0 aliphatic heterocycles. The van der Waals surface area contributed by atoms with Gasteiger partial charge in [-0.05, 0) is 79.7 Å². The number of nitrogens with zero attached hydrogens (tertiary/aromatic N) is 2. The van der Waals surface area contributed by atoms with Gasteiger partial charge in [0.15, 0.2) is 7.28 Å². The van der Waals surface area contributed by atoms with Crippen molar-refractivity contribution in [1.82, 2.24) is 4.57 Å². The maximum Gasteiger partial charge on any atom is 0.238 e. The van der Waals surface area contributed by atoms with E-state index in [4.69, 9.17) is 14.4 Å². The maximum atomic E-state index is 11.9. The highest BCUT2D eigenvalue weighted by molar-refractivity contribution is 9.10. The van der Waals surface area contributed by atoms with Crippen LogP contribution in [0.1, 0.15) is 27.7 Å². The zero-order valence-corrected chi connectivity index (χ0v) is 25.6. The summed E-state index contributed by atoms with van der Waals surface area (Å²) < 4.78 is 39.3. The summed E-state index contributed by atoms with van der Waals surface area (Å²) in [5.41, 5.74) is 2.98. The lowest BCUT2D eigenvalue weighted by atomic mass is 10.1. The lowest BCUT2D eigenvalue weighted by Crippen LogP contribution is -2.27. The molecule has 1 aromatic heterocycles. The Morgan fingerprint density at radius 3 is 2.15 bits per heavy atom. The number of nitrogens with two attached hydrogens (primary N) is 1. The Hall–Kier alpha value is -2.90. The Balaban J connectivity index is 1.82. The molecule has 6 nitrogen and oxygen atoms in total.